The minimum atomic E-state index is -4.56. The normalized spacial score (nSPS) is 14.1. The largest absolute Gasteiger partial charge is 0.418 e. The van der Waals surface area contributed by atoms with Crippen molar-refractivity contribution in [3.8, 4) is 0 Å². The van der Waals surface area contributed by atoms with Gasteiger partial charge < -0.3 is 20.4 Å². The van der Waals surface area contributed by atoms with E-state index in [4.69, 9.17) is 0 Å². The van der Waals surface area contributed by atoms with Crippen LogP contribution >= 0.6 is 0 Å². The summed E-state index contributed by atoms with van der Waals surface area (Å²) in [6, 6.07) is 11.2. The Kier molecular flexibility index (Phi) is 9.39. The number of anilines is 3. The zero-order chi connectivity index (χ0) is 25.3. The van der Waals surface area contributed by atoms with Gasteiger partial charge in [0.1, 0.15) is 0 Å². The predicted octanol–water partition coefficient (Wildman–Crippen LogP) is 6.36. The Balaban J connectivity index is 1.46. The number of amides is 3. The lowest BCUT2D eigenvalue weighted by Crippen LogP contribution is -2.48. The summed E-state index contributed by atoms with van der Waals surface area (Å²) in [5, 5.41) is 4.83. The van der Waals surface area contributed by atoms with Crippen LogP contribution in [0.5, 0.6) is 0 Å². The molecule has 0 saturated carbocycles. The number of hydrogen-bond donors (Lipinski definition) is 2. The van der Waals surface area contributed by atoms with Crippen molar-refractivity contribution in [2.45, 2.75) is 51.6 Å². The minimum Gasteiger partial charge on any atom is -0.368 e. The van der Waals surface area contributed by atoms with Crippen molar-refractivity contribution in [1.29, 1.82) is 0 Å². The highest BCUT2D eigenvalue weighted by Gasteiger charge is 2.33. The van der Waals surface area contributed by atoms with Crippen molar-refractivity contribution >= 4 is 29.0 Å². The lowest BCUT2D eigenvalue weighted by Gasteiger charge is -2.36. The Labute approximate surface area is 204 Å². The molecule has 0 aliphatic carbocycles. The van der Waals surface area contributed by atoms with Crippen LogP contribution in [0, 0.1) is 0 Å². The predicted molar refractivity (Wildman–Crippen MR) is 133 cm³/mol. The molecule has 6 nitrogen and oxygen atoms in total. The maximum Gasteiger partial charge on any atom is 0.418 e. The van der Waals surface area contributed by atoms with Crippen LogP contribution in [0.15, 0.2) is 48.5 Å². The van der Waals surface area contributed by atoms with E-state index in [2.05, 4.69) is 22.5 Å². The summed E-state index contributed by atoms with van der Waals surface area (Å²) in [5.74, 6) is 0.221. The summed E-state index contributed by atoms with van der Waals surface area (Å²) < 4.78 is 39.3. The number of hydrogen-bond acceptors (Lipinski definition) is 3. The van der Waals surface area contributed by atoms with E-state index in [1.807, 2.05) is 17.0 Å². The molecule has 1 fully saturated rings. The first-order valence-electron chi connectivity index (χ1n) is 12.1. The van der Waals surface area contributed by atoms with E-state index in [1.54, 1.807) is 12.1 Å². The van der Waals surface area contributed by atoms with Crippen LogP contribution in [-0.4, -0.2) is 43.0 Å². The number of para-hydroxylation sites is 1. The summed E-state index contributed by atoms with van der Waals surface area (Å²) in [5.41, 5.74) is 0.222. The first-order valence-corrected chi connectivity index (χ1v) is 12.1. The van der Waals surface area contributed by atoms with Gasteiger partial charge in [-0.1, -0.05) is 44.7 Å². The standard InChI is InChI=1S/C26H33F3N4O2/c1-2-3-4-5-6-11-24(34)33-18-16-32(17-19-33)21-14-12-20(13-15-21)30-25(35)31-23-10-8-7-9-22(23)26(27,28)29/h7-10,12-15H,2-6,11,16-19H2,1H3,(H2,30,31,35). The van der Waals surface area contributed by atoms with Crippen LogP contribution in [0.1, 0.15) is 51.0 Å². The molecule has 190 valence electrons. The number of halogens is 3. The van der Waals surface area contributed by atoms with Crippen molar-refractivity contribution < 1.29 is 22.8 Å². The minimum absolute atomic E-state index is 0.221. The first kappa shape index (κ1) is 26.4. The molecule has 1 saturated heterocycles. The monoisotopic (exact) mass is 490 g/mol. The maximum atomic E-state index is 13.1. The van der Waals surface area contributed by atoms with E-state index in [9.17, 15) is 22.8 Å². The Bertz CT molecular complexity index is 971. The van der Waals surface area contributed by atoms with Gasteiger partial charge in [-0.25, -0.2) is 4.79 Å². The summed E-state index contributed by atoms with van der Waals surface area (Å²) in [4.78, 5) is 28.8. The summed E-state index contributed by atoms with van der Waals surface area (Å²) in [6.07, 6.45) is 1.70. The number of nitrogens with zero attached hydrogens (tertiary/aromatic N) is 2. The molecule has 3 rings (SSSR count). The van der Waals surface area contributed by atoms with Gasteiger partial charge >= 0.3 is 12.2 Å². The van der Waals surface area contributed by atoms with Crippen molar-refractivity contribution in [3.63, 3.8) is 0 Å². The fourth-order valence-corrected chi connectivity index (χ4v) is 4.13. The molecule has 9 heteroatoms. The van der Waals surface area contributed by atoms with Crippen LogP contribution in [-0.2, 0) is 11.0 Å². The van der Waals surface area contributed by atoms with E-state index in [0.29, 0.717) is 25.2 Å². The molecule has 0 aromatic heterocycles. The molecule has 0 unspecified atom stereocenters. The van der Waals surface area contributed by atoms with Crippen molar-refractivity contribution in [2.75, 3.05) is 41.7 Å². The average Bonchev–Trinajstić information content (AvgIpc) is 2.84. The Morgan fingerprint density at radius 1 is 0.857 bits per heavy atom. The van der Waals surface area contributed by atoms with Crippen molar-refractivity contribution in [2.24, 2.45) is 0 Å². The van der Waals surface area contributed by atoms with Gasteiger partial charge in [-0.3, -0.25) is 4.79 Å². The Hall–Kier alpha value is -3.23. The average molecular weight is 491 g/mol. The molecular formula is C26H33F3N4O2. The van der Waals surface area contributed by atoms with E-state index in [-0.39, 0.29) is 11.6 Å². The number of carbonyl (C=O) groups excluding carboxylic acids is 2. The van der Waals surface area contributed by atoms with Crippen LogP contribution in [0.25, 0.3) is 0 Å². The number of benzene rings is 2. The highest BCUT2D eigenvalue weighted by molar-refractivity contribution is 6.00. The second kappa shape index (κ2) is 12.5. The number of carbonyl (C=O) groups is 2. The van der Waals surface area contributed by atoms with Gasteiger partial charge in [0.15, 0.2) is 0 Å². The smallest absolute Gasteiger partial charge is 0.368 e. The fourth-order valence-electron chi connectivity index (χ4n) is 4.13. The van der Waals surface area contributed by atoms with Crippen LogP contribution in [0.3, 0.4) is 0 Å². The SMILES string of the molecule is CCCCCCCC(=O)N1CCN(c2ccc(NC(=O)Nc3ccccc3C(F)(F)F)cc2)CC1. The molecular weight excluding hydrogens is 457 g/mol. The van der Waals surface area contributed by atoms with Crippen LogP contribution in [0.4, 0.5) is 35.0 Å². The third-order valence-electron chi connectivity index (χ3n) is 6.10. The third kappa shape index (κ3) is 7.90. The quantitative estimate of drug-likeness (QED) is 0.402. The number of alkyl halides is 3. The number of nitrogens with one attached hydrogen (secondary N) is 2. The molecule has 0 radical (unpaired) electrons. The van der Waals surface area contributed by atoms with Crippen molar-refractivity contribution in [1.82, 2.24) is 4.90 Å². The number of urea groups is 1. The topological polar surface area (TPSA) is 64.7 Å². The van der Waals surface area contributed by atoms with Gasteiger partial charge in [-0.05, 0) is 42.8 Å². The van der Waals surface area contributed by atoms with E-state index >= 15 is 0 Å². The van der Waals surface area contributed by atoms with E-state index in [0.717, 1.165) is 37.7 Å². The highest BCUT2D eigenvalue weighted by atomic mass is 19.4. The second-order valence-electron chi connectivity index (χ2n) is 8.70. The highest BCUT2D eigenvalue weighted by Crippen LogP contribution is 2.34. The summed E-state index contributed by atoms with van der Waals surface area (Å²) in [7, 11) is 0. The molecule has 0 atom stereocenters. The van der Waals surface area contributed by atoms with Crippen LogP contribution in [0.2, 0.25) is 0 Å². The summed E-state index contributed by atoms with van der Waals surface area (Å²) >= 11 is 0. The molecule has 0 spiro atoms. The lowest BCUT2D eigenvalue weighted by molar-refractivity contribution is -0.137. The van der Waals surface area contributed by atoms with Gasteiger partial charge in [-0.2, -0.15) is 13.2 Å². The second-order valence-corrected chi connectivity index (χ2v) is 8.70. The molecule has 1 aliphatic rings. The molecule has 0 bridgehead atoms. The van der Waals surface area contributed by atoms with Gasteiger partial charge in [0.25, 0.3) is 0 Å². The van der Waals surface area contributed by atoms with Gasteiger partial charge in [0, 0.05) is 44.0 Å². The number of rotatable bonds is 9. The van der Waals surface area contributed by atoms with Crippen LogP contribution < -0.4 is 15.5 Å². The molecule has 35 heavy (non-hydrogen) atoms. The summed E-state index contributed by atoms with van der Waals surface area (Å²) in [6.45, 7) is 4.98. The van der Waals surface area contributed by atoms with Gasteiger partial charge in [-0.15, -0.1) is 0 Å². The lowest BCUT2D eigenvalue weighted by atomic mass is 10.1. The molecule has 2 aromatic carbocycles. The Morgan fingerprint density at radius 2 is 1.51 bits per heavy atom. The van der Waals surface area contributed by atoms with Gasteiger partial charge in [0.2, 0.25) is 5.91 Å². The third-order valence-corrected chi connectivity index (χ3v) is 6.10. The molecule has 1 aliphatic heterocycles. The number of piperazine rings is 1. The van der Waals surface area contributed by atoms with E-state index < -0.39 is 17.8 Å². The molecule has 2 aromatic rings. The first-order chi connectivity index (χ1) is 16.8. The zero-order valence-electron chi connectivity index (χ0n) is 20.0. The number of unbranched alkanes of at least 4 members (excludes halogenated alkanes) is 4. The molecule has 3 amide bonds. The molecule has 1 heterocycles. The van der Waals surface area contributed by atoms with Gasteiger partial charge in [0.05, 0.1) is 11.3 Å². The maximum absolute atomic E-state index is 13.1. The Morgan fingerprint density at radius 3 is 2.17 bits per heavy atom. The fraction of sp³-hybridized carbons (Fsp3) is 0.462. The molecule has 2 N–H and O–H groups in total. The zero-order valence-corrected chi connectivity index (χ0v) is 20.0. The van der Waals surface area contributed by atoms with E-state index in [1.165, 1.54) is 37.5 Å². The van der Waals surface area contributed by atoms with Crippen molar-refractivity contribution in [3.05, 3.63) is 54.1 Å².